The Hall–Kier alpha value is -1.39. The highest BCUT2D eigenvalue weighted by atomic mass is 16.3. The molecule has 4 heteroatoms. The van der Waals surface area contributed by atoms with E-state index < -0.39 is 0 Å². The number of aliphatic hydroxyl groups excluding tert-OH is 1. The quantitative estimate of drug-likeness (QED) is 0.750. The minimum absolute atomic E-state index is 0.0511. The van der Waals surface area contributed by atoms with Crippen molar-refractivity contribution in [3.63, 3.8) is 0 Å². The van der Waals surface area contributed by atoms with Gasteiger partial charge in [0.1, 0.15) is 0 Å². The van der Waals surface area contributed by atoms with Crippen LogP contribution in [0.5, 0.6) is 0 Å². The average molecular weight is 262 g/mol. The Balaban J connectivity index is 1.92. The molecule has 0 spiro atoms. The molecule has 1 amide bonds. The number of benzene rings is 1. The molecule has 1 heterocycles. The summed E-state index contributed by atoms with van der Waals surface area (Å²) in [6.07, 6.45) is 2.80. The molecule has 2 rings (SSSR count). The lowest BCUT2D eigenvalue weighted by molar-refractivity contribution is -0.127. The van der Waals surface area contributed by atoms with Crippen LogP contribution in [0.3, 0.4) is 0 Å². The predicted molar refractivity (Wildman–Crippen MR) is 74.5 cm³/mol. The Morgan fingerprint density at radius 1 is 1.37 bits per heavy atom. The van der Waals surface area contributed by atoms with Gasteiger partial charge in [0.25, 0.3) is 0 Å². The molecular formula is C15H22N2O2. The number of nitrogens with one attached hydrogen (secondary N) is 2. The number of hydrogen-bond donors (Lipinski definition) is 3. The van der Waals surface area contributed by atoms with E-state index in [0.29, 0.717) is 6.54 Å². The maximum atomic E-state index is 12.3. The van der Waals surface area contributed by atoms with Gasteiger partial charge in [-0.15, -0.1) is 0 Å². The van der Waals surface area contributed by atoms with Crippen LogP contribution in [0.4, 0.5) is 0 Å². The van der Waals surface area contributed by atoms with Gasteiger partial charge in [0.15, 0.2) is 0 Å². The fourth-order valence-corrected chi connectivity index (χ4v) is 2.58. The van der Waals surface area contributed by atoms with Crippen molar-refractivity contribution in [1.29, 1.82) is 0 Å². The summed E-state index contributed by atoms with van der Waals surface area (Å²) in [5, 5.41) is 15.3. The van der Waals surface area contributed by atoms with E-state index in [2.05, 4.69) is 10.6 Å². The molecule has 1 aromatic carbocycles. The average Bonchev–Trinajstić information content (AvgIpc) is 2.95. The lowest BCUT2D eigenvalue weighted by atomic mass is 9.93. The van der Waals surface area contributed by atoms with Crippen molar-refractivity contribution in [3.8, 4) is 0 Å². The zero-order valence-electron chi connectivity index (χ0n) is 11.4. The summed E-state index contributed by atoms with van der Waals surface area (Å²) in [6.45, 7) is 3.56. The molecule has 104 valence electrons. The van der Waals surface area contributed by atoms with Crippen LogP contribution in [0.25, 0.3) is 0 Å². The Labute approximate surface area is 114 Å². The lowest BCUT2D eigenvalue weighted by Gasteiger charge is -2.26. The zero-order valence-corrected chi connectivity index (χ0v) is 11.4. The highest BCUT2D eigenvalue weighted by Crippen LogP contribution is 2.23. The molecule has 4 nitrogen and oxygen atoms in total. The molecule has 0 saturated carbocycles. The standard InChI is InChI=1S/C15H22N2O2/c1-2-15(8-3-9-17-15)14(19)16-10-12-4-6-13(11-18)7-5-12/h4-7,17-18H,2-3,8-11H2,1H3,(H,16,19). The van der Waals surface area contributed by atoms with Crippen molar-refractivity contribution in [1.82, 2.24) is 10.6 Å². The van der Waals surface area contributed by atoms with Crippen LogP contribution in [0.1, 0.15) is 37.3 Å². The molecule has 0 radical (unpaired) electrons. The third kappa shape index (κ3) is 3.14. The SMILES string of the molecule is CCC1(C(=O)NCc2ccc(CO)cc2)CCCN1. The first-order valence-electron chi connectivity index (χ1n) is 6.92. The second kappa shape index (κ2) is 6.17. The van der Waals surface area contributed by atoms with E-state index in [9.17, 15) is 4.79 Å². The lowest BCUT2D eigenvalue weighted by Crippen LogP contribution is -2.52. The maximum Gasteiger partial charge on any atom is 0.240 e. The van der Waals surface area contributed by atoms with Gasteiger partial charge in [-0.25, -0.2) is 0 Å². The fraction of sp³-hybridized carbons (Fsp3) is 0.533. The first-order chi connectivity index (χ1) is 9.20. The van der Waals surface area contributed by atoms with Crippen LogP contribution in [0, 0.1) is 0 Å². The second-order valence-corrected chi connectivity index (χ2v) is 5.12. The predicted octanol–water partition coefficient (Wildman–Crippen LogP) is 1.33. The Morgan fingerprint density at radius 3 is 2.58 bits per heavy atom. The van der Waals surface area contributed by atoms with Crippen LogP contribution in [0.2, 0.25) is 0 Å². The van der Waals surface area contributed by atoms with E-state index in [4.69, 9.17) is 5.11 Å². The van der Waals surface area contributed by atoms with Crippen LogP contribution in [0.15, 0.2) is 24.3 Å². The molecule has 1 saturated heterocycles. The monoisotopic (exact) mass is 262 g/mol. The Morgan fingerprint density at radius 2 is 2.05 bits per heavy atom. The highest BCUT2D eigenvalue weighted by molar-refractivity contribution is 5.86. The number of carbonyl (C=O) groups is 1. The topological polar surface area (TPSA) is 61.4 Å². The van der Waals surface area contributed by atoms with Gasteiger partial charge in [-0.1, -0.05) is 31.2 Å². The Kier molecular flexibility index (Phi) is 4.56. The molecule has 0 bridgehead atoms. The van der Waals surface area contributed by atoms with E-state index in [1.165, 1.54) is 0 Å². The summed E-state index contributed by atoms with van der Waals surface area (Å²) in [7, 11) is 0. The van der Waals surface area contributed by atoms with Gasteiger partial charge < -0.3 is 15.7 Å². The van der Waals surface area contributed by atoms with Gasteiger partial charge in [0.05, 0.1) is 12.1 Å². The van der Waals surface area contributed by atoms with Gasteiger partial charge in [-0.3, -0.25) is 4.79 Å². The summed E-state index contributed by atoms with van der Waals surface area (Å²) >= 11 is 0. The molecule has 0 aliphatic carbocycles. The summed E-state index contributed by atoms with van der Waals surface area (Å²) in [6, 6.07) is 7.63. The van der Waals surface area contributed by atoms with Crippen molar-refractivity contribution >= 4 is 5.91 Å². The summed E-state index contributed by atoms with van der Waals surface area (Å²) in [5.74, 6) is 0.0961. The van der Waals surface area contributed by atoms with E-state index in [-0.39, 0.29) is 18.1 Å². The van der Waals surface area contributed by atoms with Gasteiger partial charge in [0.2, 0.25) is 5.91 Å². The first kappa shape index (κ1) is 14.0. The molecule has 1 aromatic rings. The largest absolute Gasteiger partial charge is 0.392 e. The number of hydrogen-bond acceptors (Lipinski definition) is 3. The molecule has 0 aromatic heterocycles. The number of carbonyl (C=O) groups excluding carboxylic acids is 1. The van der Waals surface area contributed by atoms with Gasteiger partial charge in [-0.2, -0.15) is 0 Å². The van der Waals surface area contributed by atoms with Gasteiger partial charge >= 0.3 is 0 Å². The molecule has 3 N–H and O–H groups in total. The number of rotatable bonds is 5. The molecule has 1 unspecified atom stereocenters. The van der Waals surface area contributed by atoms with Gasteiger partial charge in [0, 0.05) is 6.54 Å². The third-order valence-electron chi connectivity index (χ3n) is 3.94. The minimum Gasteiger partial charge on any atom is -0.392 e. The number of aliphatic hydroxyl groups is 1. The van der Waals surface area contributed by atoms with Crippen molar-refractivity contribution in [2.45, 2.75) is 44.9 Å². The fourth-order valence-electron chi connectivity index (χ4n) is 2.58. The summed E-state index contributed by atoms with van der Waals surface area (Å²) in [5.41, 5.74) is 1.57. The first-order valence-corrected chi connectivity index (χ1v) is 6.92. The normalized spacial score (nSPS) is 22.4. The second-order valence-electron chi connectivity index (χ2n) is 5.12. The van der Waals surface area contributed by atoms with Gasteiger partial charge in [-0.05, 0) is 36.9 Å². The Bertz CT molecular complexity index is 422. The van der Waals surface area contributed by atoms with Crippen molar-refractivity contribution in [3.05, 3.63) is 35.4 Å². The van der Waals surface area contributed by atoms with Crippen molar-refractivity contribution < 1.29 is 9.90 Å². The van der Waals surface area contributed by atoms with Crippen molar-refractivity contribution in [2.24, 2.45) is 0 Å². The highest BCUT2D eigenvalue weighted by Gasteiger charge is 2.38. The molecular weight excluding hydrogens is 240 g/mol. The van der Waals surface area contributed by atoms with Crippen LogP contribution < -0.4 is 10.6 Å². The molecule has 1 aliphatic rings. The smallest absolute Gasteiger partial charge is 0.240 e. The van der Waals surface area contributed by atoms with E-state index in [1.54, 1.807) is 0 Å². The van der Waals surface area contributed by atoms with Crippen LogP contribution in [-0.4, -0.2) is 23.1 Å². The summed E-state index contributed by atoms with van der Waals surface area (Å²) in [4.78, 5) is 12.3. The molecule has 19 heavy (non-hydrogen) atoms. The summed E-state index contributed by atoms with van der Waals surface area (Å²) < 4.78 is 0. The number of amides is 1. The minimum atomic E-state index is -0.370. The molecule has 1 aliphatic heterocycles. The third-order valence-corrected chi connectivity index (χ3v) is 3.94. The molecule has 1 atom stereocenters. The van der Waals surface area contributed by atoms with E-state index in [1.807, 2.05) is 31.2 Å². The van der Waals surface area contributed by atoms with Crippen LogP contribution in [-0.2, 0) is 17.9 Å². The molecule has 1 fully saturated rings. The van der Waals surface area contributed by atoms with E-state index in [0.717, 1.165) is 36.9 Å². The maximum absolute atomic E-state index is 12.3. The van der Waals surface area contributed by atoms with E-state index >= 15 is 0 Å². The zero-order chi connectivity index (χ0) is 13.7. The van der Waals surface area contributed by atoms with Crippen LogP contribution >= 0.6 is 0 Å². The van der Waals surface area contributed by atoms with Crippen molar-refractivity contribution in [2.75, 3.05) is 6.54 Å².